The third-order valence-electron chi connectivity index (χ3n) is 3.93. The van der Waals surface area contributed by atoms with Gasteiger partial charge in [0.15, 0.2) is 0 Å². The number of fused-ring (bicyclic) bond motifs is 1. The fourth-order valence-electron chi connectivity index (χ4n) is 2.72. The highest BCUT2D eigenvalue weighted by atomic mass is 15.2. The number of hydrogen-bond donors (Lipinski definition) is 1. The Kier molecular flexibility index (Phi) is 4.25. The summed E-state index contributed by atoms with van der Waals surface area (Å²) in [7, 11) is 0. The molecule has 2 aromatic rings. The minimum Gasteiger partial charge on any atom is -0.362 e. The van der Waals surface area contributed by atoms with Gasteiger partial charge in [-0.05, 0) is 30.2 Å². The Morgan fingerprint density at radius 1 is 1.19 bits per heavy atom. The lowest BCUT2D eigenvalue weighted by atomic mass is 10.1. The monoisotopic (exact) mass is 284 g/mol. The zero-order chi connectivity index (χ0) is 14.7. The van der Waals surface area contributed by atoms with E-state index >= 15 is 0 Å². The molecule has 0 bridgehead atoms. The van der Waals surface area contributed by atoms with Crippen LogP contribution in [-0.4, -0.2) is 22.6 Å². The lowest BCUT2D eigenvalue weighted by Gasteiger charge is -2.29. The van der Waals surface area contributed by atoms with Crippen molar-refractivity contribution in [1.29, 1.82) is 0 Å². The minimum absolute atomic E-state index is 0.696. The number of aromatic nitrogens is 2. The van der Waals surface area contributed by atoms with Crippen LogP contribution in [0.1, 0.15) is 25.2 Å². The van der Waals surface area contributed by atoms with E-state index in [1.807, 2.05) is 6.20 Å². The van der Waals surface area contributed by atoms with Crippen LogP contribution in [-0.2, 0) is 19.6 Å². The summed E-state index contributed by atoms with van der Waals surface area (Å²) in [6, 6.07) is 8.91. The molecule has 112 valence electrons. The smallest absolute Gasteiger partial charge is 0.128 e. The molecular formula is C17H24N4. The Morgan fingerprint density at radius 2 is 2.00 bits per heavy atom. The molecular weight excluding hydrogens is 260 g/mol. The molecule has 0 atom stereocenters. The van der Waals surface area contributed by atoms with Gasteiger partial charge in [0, 0.05) is 37.7 Å². The molecule has 1 aliphatic rings. The maximum atomic E-state index is 4.42. The van der Waals surface area contributed by atoms with E-state index in [0.717, 1.165) is 38.5 Å². The topological polar surface area (TPSA) is 33.1 Å². The number of benzene rings is 1. The van der Waals surface area contributed by atoms with Crippen LogP contribution in [0, 0.1) is 5.92 Å². The first kappa shape index (κ1) is 14.1. The molecule has 1 aromatic carbocycles. The molecule has 2 heterocycles. The van der Waals surface area contributed by atoms with Crippen LogP contribution in [0.15, 0.2) is 36.7 Å². The first-order valence-electron chi connectivity index (χ1n) is 7.77. The van der Waals surface area contributed by atoms with Crippen LogP contribution >= 0.6 is 0 Å². The van der Waals surface area contributed by atoms with Crippen molar-refractivity contribution >= 4 is 5.69 Å². The number of imidazole rings is 1. The van der Waals surface area contributed by atoms with Crippen LogP contribution in [0.3, 0.4) is 0 Å². The van der Waals surface area contributed by atoms with E-state index in [1.54, 1.807) is 0 Å². The van der Waals surface area contributed by atoms with E-state index in [-0.39, 0.29) is 0 Å². The average molecular weight is 284 g/mol. The van der Waals surface area contributed by atoms with Crippen molar-refractivity contribution in [3.8, 4) is 0 Å². The number of hydrogen-bond acceptors (Lipinski definition) is 3. The van der Waals surface area contributed by atoms with E-state index in [9.17, 15) is 0 Å². The van der Waals surface area contributed by atoms with Crippen molar-refractivity contribution in [1.82, 2.24) is 14.9 Å². The quantitative estimate of drug-likeness (QED) is 0.916. The summed E-state index contributed by atoms with van der Waals surface area (Å²) in [5.41, 5.74) is 2.63. The van der Waals surface area contributed by atoms with E-state index in [4.69, 9.17) is 0 Å². The third kappa shape index (κ3) is 3.45. The Labute approximate surface area is 126 Å². The van der Waals surface area contributed by atoms with Crippen LogP contribution in [0.2, 0.25) is 0 Å². The van der Waals surface area contributed by atoms with E-state index < -0.39 is 0 Å². The maximum absolute atomic E-state index is 4.42. The molecule has 0 radical (unpaired) electrons. The molecule has 3 rings (SSSR count). The summed E-state index contributed by atoms with van der Waals surface area (Å²) in [6.07, 6.45) is 3.96. The number of nitrogens with zero attached hydrogens (tertiary/aromatic N) is 3. The first-order valence-corrected chi connectivity index (χ1v) is 7.77. The van der Waals surface area contributed by atoms with Gasteiger partial charge in [0.05, 0.1) is 6.54 Å². The summed E-state index contributed by atoms with van der Waals surface area (Å²) in [4.78, 5) is 6.81. The molecule has 0 unspecified atom stereocenters. The molecule has 4 heteroatoms. The van der Waals surface area contributed by atoms with E-state index in [2.05, 4.69) is 64.1 Å². The van der Waals surface area contributed by atoms with Gasteiger partial charge in [0.2, 0.25) is 0 Å². The van der Waals surface area contributed by atoms with Gasteiger partial charge in [0.1, 0.15) is 5.82 Å². The molecule has 0 aliphatic carbocycles. The summed E-state index contributed by atoms with van der Waals surface area (Å²) >= 11 is 0. The van der Waals surface area contributed by atoms with Crippen molar-refractivity contribution in [3.05, 3.63) is 48.0 Å². The largest absolute Gasteiger partial charge is 0.362 e. The molecule has 0 fully saturated rings. The van der Waals surface area contributed by atoms with Gasteiger partial charge in [-0.2, -0.15) is 0 Å². The molecule has 4 nitrogen and oxygen atoms in total. The molecule has 1 N–H and O–H groups in total. The van der Waals surface area contributed by atoms with Gasteiger partial charge in [-0.25, -0.2) is 4.98 Å². The molecule has 0 saturated heterocycles. The molecule has 0 amide bonds. The van der Waals surface area contributed by atoms with Crippen molar-refractivity contribution in [2.75, 3.05) is 18.0 Å². The van der Waals surface area contributed by atoms with Gasteiger partial charge >= 0.3 is 0 Å². The molecule has 0 spiro atoms. The maximum Gasteiger partial charge on any atom is 0.128 e. The number of anilines is 1. The highest BCUT2D eigenvalue weighted by Crippen LogP contribution is 2.20. The van der Waals surface area contributed by atoms with Crippen LogP contribution in [0.5, 0.6) is 0 Å². The van der Waals surface area contributed by atoms with Gasteiger partial charge in [-0.1, -0.05) is 26.0 Å². The SMILES string of the molecule is CC(C)CNCc1ccc(N2CCn3ccnc3C2)cc1. The molecule has 1 aliphatic heterocycles. The summed E-state index contributed by atoms with van der Waals surface area (Å²) < 4.78 is 2.24. The third-order valence-corrected chi connectivity index (χ3v) is 3.93. The summed E-state index contributed by atoms with van der Waals surface area (Å²) in [5.74, 6) is 1.85. The van der Waals surface area contributed by atoms with Crippen molar-refractivity contribution in [2.45, 2.75) is 33.5 Å². The second-order valence-corrected chi connectivity index (χ2v) is 6.15. The van der Waals surface area contributed by atoms with Crippen molar-refractivity contribution in [2.24, 2.45) is 5.92 Å². The predicted octanol–water partition coefficient (Wildman–Crippen LogP) is 2.65. The van der Waals surface area contributed by atoms with E-state index in [1.165, 1.54) is 11.3 Å². The summed E-state index contributed by atoms with van der Waals surface area (Å²) in [6.45, 7) is 9.45. The summed E-state index contributed by atoms with van der Waals surface area (Å²) in [5, 5.41) is 3.48. The fraction of sp³-hybridized carbons (Fsp3) is 0.471. The normalized spacial score (nSPS) is 14.5. The van der Waals surface area contributed by atoms with Gasteiger partial charge in [0.25, 0.3) is 0 Å². The standard InChI is InChI=1S/C17H24N4/c1-14(2)11-18-12-15-3-5-16(6-4-15)21-10-9-20-8-7-19-17(20)13-21/h3-8,14,18H,9-13H2,1-2H3. The zero-order valence-corrected chi connectivity index (χ0v) is 12.9. The Morgan fingerprint density at radius 3 is 2.76 bits per heavy atom. The van der Waals surface area contributed by atoms with Crippen molar-refractivity contribution < 1.29 is 0 Å². The Hall–Kier alpha value is -1.81. The second-order valence-electron chi connectivity index (χ2n) is 6.15. The second kappa shape index (κ2) is 6.31. The Balaban J connectivity index is 1.60. The number of rotatable bonds is 5. The Bertz CT molecular complexity index is 571. The molecule has 21 heavy (non-hydrogen) atoms. The highest BCUT2D eigenvalue weighted by molar-refractivity contribution is 5.48. The highest BCUT2D eigenvalue weighted by Gasteiger charge is 2.16. The lowest BCUT2D eigenvalue weighted by Crippen LogP contribution is -2.33. The van der Waals surface area contributed by atoms with Crippen LogP contribution < -0.4 is 10.2 Å². The van der Waals surface area contributed by atoms with Gasteiger partial charge in [-0.15, -0.1) is 0 Å². The fourth-order valence-corrected chi connectivity index (χ4v) is 2.72. The zero-order valence-electron chi connectivity index (χ0n) is 12.9. The lowest BCUT2D eigenvalue weighted by molar-refractivity contribution is 0.551. The van der Waals surface area contributed by atoms with E-state index in [0.29, 0.717) is 5.92 Å². The predicted molar refractivity (Wildman–Crippen MR) is 86.3 cm³/mol. The van der Waals surface area contributed by atoms with Crippen LogP contribution in [0.4, 0.5) is 5.69 Å². The molecule has 0 saturated carbocycles. The minimum atomic E-state index is 0.696. The van der Waals surface area contributed by atoms with Crippen LogP contribution in [0.25, 0.3) is 0 Å². The average Bonchev–Trinajstić information content (AvgIpc) is 2.95. The van der Waals surface area contributed by atoms with Crippen molar-refractivity contribution in [3.63, 3.8) is 0 Å². The number of nitrogens with one attached hydrogen (secondary N) is 1. The first-order chi connectivity index (χ1) is 10.2. The van der Waals surface area contributed by atoms with Gasteiger partial charge in [-0.3, -0.25) is 0 Å². The molecule has 1 aromatic heterocycles. The van der Waals surface area contributed by atoms with Gasteiger partial charge < -0.3 is 14.8 Å².